The summed E-state index contributed by atoms with van der Waals surface area (Å²) in [7, 11) is 0. The maximum absolute atomic E-state index is 6.35. The Morgan fingerprint density at radius 2 is 2.10 bits per heavy atom. The van der Waals surface area contributed by atoms with Gasteiger partial charge in [0, 0.05) is 17.2 Å². The van der Waals surface area contributed by atoms with E-state index in [1.807, 2.05) is 18.2 Å². The number of hydrogen-bond donors (Lipinski definition) is 0. The molecule has 0 atom stereocenters. The highest BCUT2D eigenvalue weighted by Gasteiger charge is 2.14. The van der Waals surface area contributed by atoms with Gasteiger partial charge in [-0.2, -0.15) is 0 Å². The monoisotopic (exact) mass is 388 g/mol. The van der Waals surface area contributed by atoms with Crippen LogP contribution in [0.5, 0.6) is 0 Å². The number of para-hydroxylation sites is 1. The Morgan fingerprint density at radius 3 is 2.80 bits per heavy atom. The predicted octanol–water partition coefficient (Wildman–Crippen LogP) is 5.34. The SMILES string of the molecule is ClCCc1nc2cccc(Cl)c2n1Cc1ccc(Br)s1. The highest BCUT2D eigenvalue weighted by Crippen LogP contribution is 2.28. The molecular formula is C14H11BrCl2N2S. The molecule has 0 radical (unpaired) electrons. The fourth-order valence-electron chi connectivity index (χ4n) is 2.23. The van der Waals surface area contributed by atoms with Crippen molar-refractivity contribution in [3.8, 4) is 0 Å². The Kier molecular flexibility index (Phi) is 4.36. The molecule has 0 N–H and O–H groups in total. The van der Waals surface area contributed by atoms with Crippen LogP contribution in [0.3, 0.4) is 0 Å². The smallest absolute Gasteiger partial charge is 0.111 e. The Balaban J connectivity index is 2.12. The number of aryl methyl sites for hydroxylation is 1. The largest absolute Gasteiger partial charge is 0.321 e. The Bertz CT molecular complexity index is 751. The molecule has 0 saturated carbocycles. The van der Waals surface area contributed by atoms with E-state index in [0.717, 1.165) is 38.6 Å². The maximum atomic E-state index is 6.35. The third-order valence-corrected chi connectivity index (χ3v) is 5.16. The maximum Gasteiger partial charge on any atom is 0.111 e. The van der Waals surface area contributed by atoms with Gasteiger partial charge in [-0.3, -0.25) is 0 Å². The molecule has 2 aromatic heterocycles. The standard InChI is InChI=1S/C14H11BrCl2N2S/c15-12-5-4-9(20-12)8-19-13(6-7-16)18-11-3-1-2-10(17)14(11)19/h1-5H,6-8H2. The molecule has 0 bridgehead atoms. The number of fused-ring (bicyclic) bond motifs is 1. The van der Waals surface area contributed by atoms with E-state index in [-0.39, 0.29) is 0 Å². The van der Waals surface area contributed by atoms with Crippen molar-refractivity contribution in [3.05, 3.63) is 49.8 Å². The molecule has 0 unspecified atom stereocenters. The van der Waals surface area contributed by atoms with Gasteiger partial charge in [0.1, 0.15) is 5.82 Å². The van der Waals surface area contributed by atoms with E-state index in [4.69, 9.17) is 23.2 Å². The van der Waals surface area contributed by atoms with Crippen LogP contribution in [0.25, 0.3) is 11.0 Å². The molecule has 20 heavy (non-hydrogen) atoms. The van der Waals surface area contributed by atoms with E-state index in [0.29, 0.717) is 5.88 Å². The van der Waals surface area contributed by atoms with E-state index in [2.05, 4.69) is 37.6 Å². The molecule has 0 spiro atoms. The van der Waals surface area contributed by atoms with Crippen molar-refractivity contribution in [1.82, 2.24) is 9.55 Å². The molecule has 0 aliphatic rings. The van der Waals surface area contributed by atoms with Gasteiger partial charge in [0.25, 0.3) is 0 Å². The zero-order valence-electron chi connectivity index (χ0n) is 10.4. The van der Waals surface area contributed by atoms with Gasteiger partial charge in [0.2, 0.25) is 0 Å². The summed E-state index contributed by atoms with van der Waals surface area (Å²) in [5, 5.41) is 0.728. The van der Waals surface area contributed by atoms with Gasteiger partial charge in [-0.25, -0.2) is 4.98 Å². The van der Waals surface area contributed by atoms with Crippen molar-refractivity contribution in [3.63, 3.8) is 0 Å². The lowest BCUT2D eigenvalue weighted by Gasteiger charge is -2.08. The molecule has 104 valence electrons. The molecule has 0 fully saturated rings. The number of hydrogen-bond acceptors (Lipinski definition) is 2. The summed E-state index contributed by atoms with van der Waals surface area (Å²) in [6.07, 6.45) is 0.735. The lowest BCUT2D eigenvalue weighted by Crippen LogP contribution is -2.05. The van der Waals surface area contributed by atoms with Crippen LogP contribution in [0.1, 0.15) is 10.7 Å². The molecule has 0 amide bonds. The normalized spacial score (nSPS) is 11.3. The summed E-state index contributed by atoms with van der Waals surface area (Å²) in [5.41, 5.74) is 1.91. The quantitative estimate of drug-likeness (QED) is 0.550. The van der Waals surface area contributed by atoms with Gasteiger partial charge >= 0.3 is 0 Å². The first kappa shape index (κ1) is 14.4. The first-order chi connectivity index (χ1) is 9.69. The Morgan fingerprint density at radius 1 is 1.25 bits per heavy atom. The molecule has 2 heterocycles. The van der Waals surface area contributed by atoms with E-state index >= 15 is 0 Å². The fraction of sp³-hybridized carbons (Fsp3) is 0.214. The topological polar surface area (TPSA) is 17.8 Å². The molecule has 1 aromatic carbocycles. The fourth-order valence-corrected chi connectivity index (χ4v) is 4.14. The first-order valence-electron chi connectivity index (χ1n) is 6.13. The minimum Gasteiger partial charge on any atom is -0.321 e. The second-order valence-corrected chi connectivity index (χ2v) is 7.70. The van der Waals surface area contributed by atoms with E-state index in [1.54, 1.807) is 11.3 Å². The summed E-state index contributed by atoms with van der Waals surface area (Å²) in [5.74, 6) is 1.53. The summed E-state index contributed by atoms with van der Waals surface area (Å²) >= 11 is 17.5. The minimum absolute atomic E-state index is 0.551. The van der Waals surface area contributed by atoms with Gasteiger partial charge in [0.05, 0.1) is 26.4 Å². The molecule has 0 saturated heterocycles. The number of alkyl halides is 1. The van der Waals surface area contributed by atoms with Crippen molar-refractivity contribution in [2.45, 2.75) is 13.0 Å². The summed E-state index contributed by atoms with van der Waals surface area (Å²) in [6.45, 7) is 0.767. The highest BCUT2D eigenvalue weighted by atomic mass is 79.9. The van der Waals surface area contributed by atoms with Crippen molar-refractivity contribution >= 4 is 61.5 Å². The third kappa shape index (κ3) is 2.75. The van der Waals surface area contributed by atoms with Crippen LogP contribution in [0.15, 0.2) is 34.1 Å². The highest BCUT2D eigenvalue weighted by molar-refractivity contribution is 9.11. The molecule has 0 aliphatic heterocycles. The van der Waals surface area contributed by atoms with Gasteiger partial charge in [-0.05, 0) is 40.2 Å². The van der Waals surface area contributed by atoms with Gasteiger partial charge in [0.15, 0.2) is 0 Å². The second-order valence-electron chi connectivity index (χ2n) is 4.37. The lowest BCUT2D eigenvalue weighted by atomic mass is 10.3. The third-order valence-electron chi connectivity index (χ3n) is 3.06. The van der Waals surface area contributed by atoms with Gasteiger partial charge < -0.3 is 4.57 Å². The number of halogens is 3. The number of imidazole rings is 1. The number of rotatable bonds is 4. The van der Waals surface area contributed by atoms with Crippen molar-refractivity contribution < 1.29 is 0 Å². The van der Waals surface area contributed by atoms with E-state index < -0.39 is 0 Å². The molecule has 0 aliphatic carbocycles. The number of aromatic nitrogens is 2. The minimum atomic E-state index is 0.551. The molecule has 6 heteroatoms. The van der Waals surface area contributed by atoms with Crippen molar-refractivity contribution in [2.75, 3.05) is 5.88 Å². The van der Waals surface area contributed by atoms with Crippen LogP contribution in [-0.2, 0) is 13.0 Å². The zero-order chi connectivity index (χ0) is 14.1. The molecular weight excluding hydrogens is 379 g/mol. The Labute approximate surface area is 139 Å². The summed E-state index contributed by atoms with van der Waals surface area (Å²) in [4.78, 5) is 5.91. The average Bonchev–Trinajstić information content (AvgIpc) is 2.96. The second kappa shape index (κ2) is 6.06. The van der Waals surface area contributed by atoms with E-state index in [1.165, 1.54) is 4.88 Å². The van der Waals surface area contributed by atoms with Gasteiger partial charge in [-0.1, -0.05) is 17.7 Å². The van der Waals surface area contributed by atoms with Crippen LogP contribution < -0.4 is 0 Å². The average molecular weight is 390 g/mol. The summed E-state index contributed by atoms with van der Waals surface area (Å²) in [6, 6.07) is 9.98. The van der Waals surface area contributed by atoms with Crippen LogP contribution in [0, 0.1) is 0 Å². The van der Waals surface area contributed by atoms with Crippen LogP contribution in [0.4, 0.5) is 0 Å². The predicted molar refractivity (Wildman–Crippen MR) is 90.3 cm³/mol. The molecule has 2 nitrogen and oxygen atoms in total. The molecule has 3 aromatic rings. The van der Waals surface area contributed by atoms with E-state index in [9.17, 15) is 0 Å². The Hall–Kier alpha value is -0.550. The summed E-state index contributed by atoms with van der Waals surface area (Å²) < 4.78 is 3.29. The van der Waals surface area contributed by atoms with Crippen molar-refractivity contribution in [2.24, 2.45) is 0 Å². The van der Waals surface area contributed by atoms with Crippen LogP contribution in [-0.4, -0.2) is 15.4 Å². The zero-order valence-corrected chi connectivity index (χ0v) is 14.4. The lowest BCUT2D eigenvalue weighted by molar-refractivity contribution is 0.763. The first-order valence-corrected chi connectivity index (χ1v) is 8.65. The van der Waals surface area contributed by atoms with Gasteiger partial charge in [-0.15, -0.1) is 22.9 Å². The number of nitrogens with zero attached hydrogens (tertiary/aromatic N) is 2. The number of thiophene rings is 1. The molecule has 3 rings (SSSR count). The van der Waals surface area contributed by atoms with Crippen LogP contribution >= 0.6 is 50.5 Å². The number of benzene rings is 1. The van der Waals surface area contributed by atoms with Crippen LogP contribution in [0.2, 0.25) is 5.02 Å². The van der Waals surface area contributed by atoms with Crippen molar-refractivity contribution in [1.29, 1.82) is 0 Å².